The molecule has 0 bridgehead atoms. The predicted octanol–water partition coefficient (Wildman–Crippen LogP) is 5.52. The second-order valence-corrected chi connectivity index (χ2v) is 6.16. The van der Waals surface area contributed by atoms with E-state index in [4.69, 9.17) is 0 Å². The van der Waals surface area contributed by atoms with Crippen molar-refractivity contribution in [1.82, 2.24) is 0 Å². The topological polar surface area (TPSA) is 0 Å². The van der Waals surface area contributed by atoms with E-state index in [0.717, 1.165) is 23.7 Å². The first-order valence-corrected chi connectivity index (χ1v) is 6.58. The van der Waals surface area contributed by atoms with Gasteiger partial charge in [-0.2, -0.15) is 0 Å². The highest BCUT2D eigenvalue weighted by atomic mass is 14.3. The Morgan fingerprint density at radius 1 is 0.867 bits per heavy atom. The zero-order valence-corrected chi connectivity index (χ0v) is 10.6. The van der Waals surface area contributed by atoms with Crippen molar-refractivity contribution in [1.29, 1.82) is 0 Å². The van der Waals surface area contributed by atoms with E-state index in [2.05, 4.69) is 27.7 Å². The van der Waals surface area contributed by atoms with Crippen LogP contribution in [-0.4, -0.2) is 0 Å². The van der Waals surface area contributed by atoms with Crippen LogP contribution in [0.3, 0.4) is 0 Å². The van der Waals surface area contributed by atoms with Crippen LogP contribution in [0.1, 0.15) is 73.6 Å². The van der Waals surface area contributed by atoms with Gasteiger partial charge in [0.15, 0.2) is 0 Å². The highest BCUT2D eigenvalue weighted by Crippen LogP contribution is 2.35. The second-order valence-electron chi connectivity index (χ2n) is 6.16. The number of hydrogen-bond donors (Lipinski definition) is 0. The maximum Gasteiger partial charge on any atom is -0.0409 e. The van der Waals surface area contributed by atoms with E-state index in [1.165, 1.54) is 38.5 Å². The molecule has 0 heteroatoms. The zero-order valence-electron chi connectivity index (χ0n) is 10.6. The molecule has 1 saturated carbocycles. The molecule has 92 valence electrons. The standard InChI is InChI=1S/C14H28.CH4/c1-11(2)8-13-6-5-7-14(10-13)9-12(3)4;/h11-14H,5-10H2,1-4H3;1H4. The summed E-state index contributed by atoms with van der Waals surface area (Å²) in [5.41, 5.74) is 0. The summed E-state index contributed by atoms with van der Waals surface area (Å²) < 4.78 is 0. The monoisotopic (exact) mass is 212 g/mol. The molecule has 2 unspecified atom stereocenters. The molecule has 15 heavy (non-hydrogen) atoms. The number of rotatable bonds is 4. The Morgan fingerprint density at radius 2 is 1.27 bits per heavy atom. The van der Waals surface area contributed by atoms with Crippen molar-refractivity contribution in [2.45, 2.75) is 73.6 Å². The molecular weight excluding hydrogens is 180 g/mol. The Bertz CT molecular complexity index is 130. The molecule has 0 aromatic carbocycles. The van der Waals surface area contributed by atoms with E-state index in [-0.39, 0.29) is 7.43 Å². The molecule has 1 fully saturated rings. The molecule has 0 amide bonds. The molecule has 0 heterocycles. The van der Waals surface area contributed by atoms with E-state index < -0.39 is 0 Å². The first-order valence-electron chi connectivity index (χ1n) is 6.58. The molecule has 1 aliphatic carbocycles. The Labute approximate surface area is 97.8 Å². The summed E-state index contributed by atoms with van der Waals surface area (Å²) in [5.74, 6) is 3.90. The van der Waals surface area contributed by atoms with Crippen molar-refractivity contribution in [3.05, 3.63) is 0 Å². The normalized spacial score (nSPS) is 26.8. The van der Waals surface area contributed by atoms with Gasteiger partial charge in [-0.05, 0) is 42.9 Å². The summed E-state index contributed by atoms with van der Waals surface area (Å²) in [6.45, 7) is 9.47. The Hall–Kier alpha value is 0. The van der Waals surface area contributed by atoms with Crippen LogP contribution in [0.25, 0.3) is 0 Å². The van der Waals surface area contributed by atoms with Crippen molar-refractivity contribution in [2.24, 2.45) is 23.7 Å². The van der Waals surface area contributed by atoms with Crippen LogP contribution in [-0.2, 0) is 0 Å². The van der Waals surface area contributed by atoms with Gasteiger partial charge in [-0.15, -0.1) is 0 Å². The molecule has 0 aliphatic heterocycles. The molecular formula is C15H32. The fraction of sp³-hybridized carbons (Fsp3) is 1.00. The van der Waals surface area contributed by atoms with Gasteiger partial charge in [-0.25, -0.2) is 0 Å². The van der Waals surface area contributed by atoms with Gasteiger partial charge in [-0.1, -0.05) is 54.4 Å². The van der Waals surface area contributed by atoms with Crippen molar-refractivity contribution in [3.8, 4) is 0 Å². The van der Waals surface area contributed by atoms with Gasteiger partial charge in [0.05, 0.1) is 0 Å². The SMILES string of the molecule is C.CC(C)CC1CCCC(CC(C)C)C1. The lowest BCUT2D eigenvalue weighted by atomic mass is 9.75. The maximum atomic E-state index is 2.37. The largest absolute Gasteiger partial charge is 0.0776 e. The molecule has 0 radical (unpaired) electrons. The fourth-order valence-corrected chi connectivity index (χ4v) is 3.16. The van der Waals surface area contributed by atoms with Crippen LogP contribution >= 0.6 is 0 Å². The van der Waals surface area contributed by atoms with E-state index >= 15 is 0 Å². The summed E-state index contributed by atoms with van der Waals surface area (Å²) in [6.07, 6.45) is 8.97. The Kier molecular flexibility index (Phi) is 7.30. The molecule has 0 saturated heterocycles. The van der Waals surface area contributed by atoms with Crippen molar-refractivity contribution >= 4 is 0 Å². The third-order valence-electron chi connectivity index (χ3n) is 3.50. The summed E-state index contributed by atoms with van der Waals surface area (Å²) in [5, 5.41) is 0. The highest BCUT2D eigenvalue weighted by Gasteiger charge is 2.22. The van der Waals surface area contributed by atoms with Crippen LogP contribution < -0.4 is 0 Å². The van der Waals surface area contributed by atoms with Gasteiger partial charge >= 0.3 is 0 Å². The lowest BCUT2D eigenvalue weighted by Gasteiger charge is -2.31. The van der Waals surface area contributed by atoms with Gasteiger partial charge < -0.3 is 0 Å². The minimum atomic E-state index is 0. The average Bonchev–Trinajstić information content (AvgIpc) is 2.01. The predicted molar refractivity (Wildman–Crippen MR) is 71.1 cm³/mol. The van der Waals surface area contributed by atoms with Crippen molar-refractivity contribution in [3.63, 3.8) is 0 Å². The molecule has 0 aromatic heterocycles. The van der Waals surface area contributed by atoms with Crippen LogP contribution in [0.2, 0.25) is 0 Å². The van der Waals surface area contributed by atoms with Crippen LogP contribution in [0.4, 0.5) is 0 Å². The third-order valence-corrected chi connectivity index (χ3v) is 3.50. The van der Waals surface area contributed by atoms with E-state index in [1.54, 1.807) is 0 Å². The molecule has 2 atom stereocenters. The summed E-state index contributed by atoms with van der Waals surface area (Å²) >= 11 is 0. The molecule has 0 N–H and O–H groups in total. The van der Waals surface area contributed by atoms with E-state index in [0.29, 0.717) is 0 Å². The Morgan fingerprint density at radius 3 is 1.60 bits per heavy atom. The lowest BCUT2D eigenvalue weighted by molar-refractivity contribution is 0.212. The minimum absolute atomic E-state index is 0. The second kappa shape index (κ2) is 7.30. The molecule has 0 spiro atoms. The summed E-state index contributed by atoms with van der Waals surface area (Å²) in [6, 6.07) is 0. The molecule has 1 rings (SSSR count). The maximum absolute atomic E-state index is 2.37. The smallest absolute Gasteiger partial charge is 0.0409 e. The molecule has 0 nitrogen and oxygen atoms in total. The Balaban J connectivity index is 0.00000196. The fourth-order valence-electron chi connectivity index (χ4n) is 3.16. The van der Waals surface area contributed by atoms with Gasteiger partial charge in [0.1, 0.15) is 0 Å². The summed E-state index contributed by atoms with van der Waals surface area (Å²) in [4.78, 5) is 0. The zero-order chi connectivity index (χ0) is 10.6. The first kappa shape index (κ1) is 15.0. The highest BCUT2D eigenvalue weighted by molar-refractivity contribution is 4.74. The summed E-state index contributed by atoms with van der Waals surface area (Å²) in [7, 11) is 0. The lowest BCUT2D eigenvalue weighted by Crippen LogP contribution is -2.18. The minimum Gasteiger partial charge on any atom is -0.0776 e. The quantitative estimate of drug-likeness (QED) is 0.575. The molecule has 0 aromatic rings. The van der Waals surface area contributed by atoms with Gasteiger partial charge in [0.25, 0.3) is 0 Å². The van der Waals surface area contributed by atoms with Crippen LogP contribution in [0.5, 0.6) is 0 Å². The van der Waals surface area contributed by atoms with Crippen molar-refractivity contribution in [2.75, 3.05) is 0 Å². The molecule has 1 aliphatic rings. The van der Waals surface area contributed by atoms with Crippen molar-refractivity contribution < 1.29 is 0 Å². The first-order chi connectivity index (χ1) is 6.58. The van der Waals surface area contributed by atoms with E-state index in [1.807, 2.05) is 0 Å². The van der Waals surface area contributed by atoms with Crippen LogP contribution in [0.15, 0.2) is 0 Å². The average molecular weight is 212 g/mol. The van der Waals surface area contributed by atoms with Gasteiger partial charge in [-0.3, -0.25) is 0 Å². The van der Waals surface area contributed by atoms with Gasteiger partial charge in [0.2, 0.25) is 0 Å². The van der Waals surface area contributed by atoms with Gasteiger partial charge in [0, 0.05) is 0 Å². The number of hydrogen-bond acceptors (Lipinski definition) is 0. The third kappa shape index (κ3) is 6.22. The van der Waals surface area contributed by atoms with E-state index in [9.17, 15) is 0 Å². The van der Waals surface area contributed by atoms with Crippen LogP contribution in [0, 0.1) is 23.7 Å².